The largest absolute Gasteiger partial charge is 0.293 e. The number of rotatable bonds is 0. The zero-order valence-corrected chi connectivity index (χ0v) is 4.13. The Bertz CT molecular complexity index is 66.1. The molecule has 2 heteroatoms. The topological polar surface area (TPSA) is 12.5 Å². The van der Waals surface area contributed by atoms with Crippen molar-refractivity contribution in [3.05, 3.63) is 6.61 Å². The Balaban J connectivity index is 2.12. The summed E-state index contributed by atoms with van der Waals surface area (Å²) in [6.07, 6.45) is 1.31. The first-order chi connectivity index (χ1) is 3.45. The second kappa shape index (κ2) is 1.20. The van der Waals surface area contributed by atoms with Crippen LogP contribution in [-0.2, 0) is 4.84 Å². The summed E-state index contributed by atoms with van der Waals surface area (Å²) in [6.45, 7) is 4.21. The Hall–Kier alpha value is -0.0800. The van der Waals surface area contributed by atoms with Gasteiger partial charge in [-0.25, -0.2) is 0 Å². The van der Waals surface area contributed by atoms with Gasteiger partial charge in [0.1, 0.15) is 6.61 Å². The first kappa shape index (κ1) is 3.87. The van der Waals surface area contributed by atoms with Crippen LogP contribution in [0.2, 0.25) is 0 Å². The van der Waals surface area contributed by atoms with E-state index in [-0.39, 0.29) is 0 Å². The molecule has 39 valence electrons. The molecule has 2 rings (SSSR count). The molecule has 2 nitrogen and oxygen atoms in total. The zero-order chi connectivity index (χ0) is 4.69. The van der Waals surface area contributed by atoms with Crippen molar-refractivity contribution in [2.24, 2.45) is 5.92 Å². The summed E-state index contributed by atoms with van der Waals surface area (Å²) in [7, 11) is 0. The van der Waals surface area contributed by atoms with E-state index in [1.54, 1.807) is 0 Å². The van der Waals surface area contributed by atoms with Gasteiger partial charge in [-0.3, -0.25) is 4.84 Å². The molecule has 0 amide bonds. The van der Waals surface area contributed by atoms with Gasteiger partial charge in [-0.15, -0.1) is 0 Å². The molecule has 2 saturated heterocycles. The smallest absolute Gasteiger partial charge is 0.112 e. The van der Waals surface area contributed by atoms with Crippen molar-refractivity contribution in [2.75, 3.05) is 13.1 Å². The predicted molar refractivity (Wildman–Crippen MR) is 25.1 cm³/mol. The van der Waals surface area contributed by atoms with Crippen LogP contribution >= 0.6 is 0 Å². The van der Waals surface area contributed by atoms with Gasteiger partial charge in [0, 0.05) is 19.0 Å². The van der Waals surface area contributed by atoms with Gasteiger partial charge in [-0.1, -0.05) is 0 Å². The highest BCUT2D eigenvalue weighted by atomic mass is 16.7. The molecular weight excluding hydrogens is 90.1 g/mol. The lowest BCUT2D eigenvalue weighted by Crippen LogP contribution is -2.13. The van der Waals surface area contributed by atoms with Crippen molar-refractivity contribution in [1.29, 1.82) is 0 Å². The summed E-state index contributed by atoms with van der Waals surface area (Å²) < 4.78 is 0. The van der Waals surface area contributed by atoms with Crippen molar-refractivity contribution in [2.45, 2.75) is 6.42 Å². The Morgan fingerprint density at radius 3 is 2.86 bits per heavy atom. The van der Waals surface area contributed by atoms with E-state index in [0.29, 0.717) is 0 Å². The summed E-state index contributed by atoms with van der Waals surface area (Å²) in [5.74, 6) is 0.750. The van der Waals surface area contributed by atoms with Crippen LogP contribution in [0.4, 0.5) is 0 Å². The third kappa shape index (κ3) is 0.469. The van der Waals surface area contributed by atoms with E-state index in [2.05, 4.69) is 0 Å². The van der Waals surface area contributed by atoms with E-state index in [9.17, 15) is 0 Å². The van der Waals surface area contributed by atoms with Crippen molar-refractivity contribution < 1.29 is 4.84 Å². The van der Waals surface area contributed by atoms with Gasteiger partial charge in [-0.2, -0.15) is 5.06 Å². The van der Waals surface area contributed by atoms with E-state index < -0.39 is 0 Å². The second-order valence-corrected chi connectivity index (χ2v) is 2.18. The van der Waals surface area contributed by atoms with E-state index >= 15 is 0 Å². The highest BCUT2D eigenvalue weighted by molar-refractivity contribution is 4.82. The highest BCUT2D eigenvalue weighted by Gasteiger charge is 2.30. The monoisotopic (exact) mass is 98.1 g/mol. The Kier molecular flexibility index (Phi) is 0.664. The minimum Gasteiger partial charge on any atom is -0.293 e. The summed E-state index contributed by atoms with van der Waals surface area (Å²) in [5, 5.41) is 2.00. The molecule has 2 atom stereocenters. The molecule has 2 bridgehead atoms. The molecule has 7 heavy (non-hydrogen) atoms. The lowest BCUT2D eigenvalue weighted by Gasteiger charge is -2.09. The fourth-order valence-electron chi connectivity index (χ4n) is 1.13. The van der Waals surface area contributed by atoms with Crippen molar-refractivity contribution in [1.82, 2.24) is 5.06 Å². The minimum atomic E-state index is 0.750. The summed E-state index contributed by atoms with van der Waals surface area (Å²) in [4.78, 5) is 5.06. The van der Waals surface area contributed by atoms with Crippen LogP contribution in [0.1, 0.15) is 6.42 Å². The van der Waals surface area contributed by atoms with Crippen molar-refractivity contribution in [3.8, 4) is 0 Å². The molecule has 0 aliphatic carbocycles. The van der Waals surface area contributed by atoms with Crippen molar-refractivity contribution >= 4 is 0 Å². The maximum atomic E-state index is 5.06. The molecule has 0 aromatic rings. The van der Waals surface area contributed by atoms with E-state index in [4.69, 9.17) is 4.84 Å². The first-order valence-corrected chi connectivity index (χ1v) is 2.70. The second-order valence-electron chi connectivity index (χ2n) is 2.18. The Morgan fingerprint density at radius 1 is 1.71 bits per heavy atom. The van der Waals surface area contributed by atoms with Gasteiger partial charge >= 0.3 is 0 Å². The quantitative estimate of drug-likeness (QED) is 0.435. The lowest BCUT2D eigenvalue weighted by molar-refractivity contribution is -0.0855. The summed E-state index contributed by atoms with van der Waals surface area (Å²) >= 11 is 0. The van der Waals surface area contributed by atoms with Gasteiger partial charge in [0.15, 0.2) is 0 Å². The molecule has 2 unspecified atom stereocenters. The van der Waals surface area contributed by atoms with Gasteiger partial charge in [0.25, 0.3) is 0 Å². The Labute approximate surface area is 43.0 Å². The summed E-state index contributed by atoms with van der Waals surface area (Å²) in [6, 6.07) is 0. The van der Waals surface area contributed by atoms with E-state index in [0.717, 1.165) is 19.0 Å². The van der Waals surface area contributed by atoms with Crippen LogP contribution in [0.3, 0.4) is 0 Å². The zero-order valence-electron chi connectivity index (χ0n) is 4.13. The van der Waals surface area contributed by atoms with Crippen LogP contribution in [0, 0.1) is 12.5 Å². The third-order valence-corrected chi connectivity index (χ3v) is 1.59. The van der Waals surface area contributed by atoms with Gasteiger partial charge in [-0.05, 0) is 6.42 Å². The molecule has 2 heterocycles. The first-order valence-electron chi connectivity index (χ1n) is 2.70. The number of hydrogen-bond acceptors (Lipinski definition) is 2. The molecule has 2 aliphatic rings. The highest BCUT2D eigenvalue weighted by Crippen LogP contribution is 2.26. The number of hydroxylamine groups is 2. The van der Waals surface area contributed by atoms with E-state index in [1.165, 1.54) is 6.42 Å². The van der Waals surface area contributed by atoms with Gasteiger partial charge in [0.05, 0.1) is 0 Å². The molecule has 0 N–H and O–H groups in total. The average Bonchev–Trinajstić information content (AvgIpc) is 2.22. The maximum Gasteiger partial charge on any atom is 0.112 e. The summed E-state index contributed by atoms with van der Waals surface area (Å²) in [5.41, 5.74) is 0. The molecule has 0 aromatic carbocycles. The minimum absolute atomic E-state index is 0.750. The standard InChI is InChI=1S/C5H8NO/c1-2-6-3-5(1)4-7-6/h4-5H,1-3H2. The third-order valence-electron chi connectivity index (χ3n) is 1.59. The number of fused-ring (bicyclic) bond motifs is 2. The lowest BCUT2D eigenvalue weighted by atomic mass is 10.1. The SMILES string of the molecule is [CH]1ON2CCC1C2. The fourth-order valence-corrected chi connectivity index (χ4v) is 1.13. The molecule has 0 aromatic heterocycles. The average molecular weight is 98.1 g/mol. The molecule has 1 radical (unpaired) electrons. The molecule has 0 spiro atoms. The van der Waals surface area contributed by atoms with Crippen LogP contribution in [-0.4, -0.2) is 18.2 Å². The molecule has 2 aliphatic heterocycles. The van der Waals surface area contributed by atoms with Crippen LogP contribution < -0.4 is 0 Å². The van der Waals surface area contributed by atoms with Crippen LogP contribution in [0.15, 0.2) is 0 Å². The fraction of sp³-hybridized carbons (Fsp3) is 0.800. The maximum absolute atomic E-state index is 5.06. The van der Waals surface area contributed by atoms with Gasteiger partial charge in [0.2, 0.25) is 0 Å². The number of nitrogens with zero attached hydrogens (tertiary/aromatic N) is 1. The van der Waals surface area contributed by atoms with E-state index in [1.807, 2.05) is 11.7 Å². The normalized spacial score (nSPS) is 48.0. The molecule has 2 fully saturated rings. The Morgan fingerprint density at radius 2 is 2.71 bits per heavy atom. The molecular formula is C5H8NO. The predicted octanol–water partition coefficient (Wildman–Crippen LogP) is 0.415. The van der Waals surface area contributed by atoms with Crippen LogP contribution in [0.5, 0.6) is 0 Å². The number of hydrogen-bond donors (Lipinski definition) is 0. The van der Waals surface area contributed by atoms with Crippen LogP contribution in [0.25, 0.3) is 0 Å². The van der Waals surface area contributed by atoms with Gasteiger partial charge < -0.3 is 0 Å². The van der Waals surface area contributed by atoms with Crippen molar-refractivity contribution in [3.63, 3.8) is 0 Å². The molecule has 0 saturated carbocycles.